The predicted octanol–water partition coefficient (Wildman–Crippen LogP) is 2.81. The van der Waals surface area contributed by atoms with E-state index in [1.54, 1.807) is 25.7 Å². The van der Waals surface area contributed by atoms with Gasteiger partial charge in [0.2, 0.25) is 5.95 Å². The van der Waals surface area contributed by atoms with Gasteiger partial charge in [0.1, 0.15) is 5.58 Å². The van der Waals surface area contributed by atoms with E-state index in [0.717, 1.165) is 22.1 Å². The first-order valence-electron chi connectivity index (χ1n) is 5.71. The van der Waals surface area contributed by atoms with Crippen LogP contribution >= 0.6 is 0 Å². The zero-order valence-electron chi connectivity index (χ0n) is 10.2. The maximum Gasteiger partial charge on any atom is 0.238 e. The Labute approximate surface area is 109 Å². The number of aromatic nitrogens is 2. The molecule has 0 aliphatic heterocycles. The van der Waals surface area contributed by atoms with Crippen LogP contribution < -0.4 is 4.90 Å². The molecule has 0 aliphatic carbocycles. The zero-order valence-corrected chi connectivity index (χ0v) is 10.2. The lowest BCUT2D eigenvalue weighted by molar-refractivity contribution is 0.617. The fourth-order valence-electron chi connectivity index (χ4n) is 1.88. The van der Waals surface area contributed by atoms with Gasteiger partial charge in [-0.05, 0) is 6.07 Å². The Balaban J connectivity index is 2.05. The van der Waals surface area contributed by atoms with Crippen LogP contribution in [0.2, 0.25) is 0 Å². The van der Waals surface area contributed by atoms with E-state index in [-0.39, 0.29) is 0 Å². The molecule has 0 radical (unpaired) electrons. The first kappa shape index (κ1) is 11.2. The van der Waals surface area contributed by atoms with Crippen molar-refractivity contribution >= 4 is 16.9 Å². The topological polar surface area (TPSA) is 66.0 Å². The molecule has 92 valence electrons. The number of hydrogen-bond donors (Lipinski definition) is 0. The Morgan fingerprint density at radius 3 is 2.68 bits per heavy atom. The van der Waals surface area contributed by atoms with Crippen molar-refractivity contribution < 1.29 is 4.42 Å². The van der Waals surface area contributed by atoms with Crippen LogP contribution in [0.15, 0.2) is 47.3 Å². The highest BCUT2D eigenvalue weighted by Gasteiger charge is 2.09. The quantitative estimate of drug-likeness (QED) is 0.517. The number of hydrogen-bond acceptors (Lipinski definition) is 5. The Hall–Kier alpha value is -2.87. The van der Waals surface area contributed by atoms with Crippen LogP contribution in [0.1, 0.15) is 0 Å². The first-order chi connectivity index (χ1) is 9.29. The molecule has 0 spiro atoms. The number of para-hydroxylation sites is 1. The Kier molecular flexibility index (Phi) is 2.62. The van der Waals surface area contributed by atoms with Crippen LogP contribution in [-0.4, -0.2) is 17.0 Å². The van der Waals surface area contributed by atoms with E-state index in [0.29, 0.717) is 5.95 Å². The summed E-state index contributed by atoms with van der Waals surface area (Å²) in [6.45, 7) is 0. The van der Waals surface area contributed by atoms with Crippen molar-refractivity contribution in [2.45, 2.75) is 0 Å². The molecule has 0 saturated carbocycles. The highest BCUT2D eigenvalue weighted by molar-refractivity contribution is 5.93. The second-order valence-corrected chi connectivity index (χ2v) is 4.08. The summed E-state index contributed by atoms with van der Waals surface area (Å²) in [5.74, 6) is 0.374. The van der Waals surface area contributed by atoms with Gasteiger partial charge in [-0.1, -0.05) is 18.2 Å². The monoisotopic (exact) mass is 250 g/mol. The number of nitriles is 1. The third-order valence-electron chi connectivity index (χ3n) is 2.88. The molecule has 0 N–H and O–H groups in total. The molecular weight excluding hydrogens is 240 g/mol. The molecule has 0 fully saturated rings. The zero-order chi connectivity index (χ0) is 13.2. The average molecular weight is 250 g/mol. The summed E-state index contributed by atoms with van der Waals surface area (Å²) in [6, 6.07) is 7.79. The number of rotatable bonds is 2. The fourth-order valence-corrected chi connectivity index (χ4v) is 1.88. The van der Waals surface area contributed by atoms with Crippen molar-refractivity contribution in [1.82, 2.24) is 9.97 Å². The maximum atomic E-state index is 8.76. The van der Waals surface area contributed by atoms with Crippen molar-refractivity contribution in [3.63, 3.8) is 0 Å². The molecule has 5 nitrogen and oxygen atoms in total. The van der Waals surface area contributed by atoms with E-state index in [4.69, 9.17) is 9.68 Å². The number of nitrogens with zero attached hydrogens (tertiary/aromatic N) is 4. The molecule has 0 unspecified atom stereocenters. The molecule has 2 aromatic heterocycles. The minimum atomic E-state index is 0.374. The van der Waals surface area contributed by atoms with Gasteiger partial charge in [-0.2, -0.15) is 5.26 Å². The van der Waals surface area contributed by atoms with Crippen LogP contribution in [0.25, 0.3) is 22.1 Å². The summed E-state index contributed by atoms with van der Waals surface area (Å²) < 4.78 is 5.48. The van der Waals surface area contributed by atoms with E-state index in [1.807, 2.05) is 30.5 Å². The standard InChI is InChI=1S/C14H10N4O/c1-18(9-15)14-16-6-10(7-17-14)12-8-19-13-5-3-2-4-11(12)13/h2-8H,1H3. The lowest BCUT2D eigenvalue weighted by atomic mass is 10.1. The van der Waals surface area contributed by atoms with Crippen molar-refractivity contribution in [3.8, 4) is 17.3 Å². The van der Waals surface area contributed by atoms with Crippen molar-refractivity contribution in [3.05, 3.63) is 42.9 Å². The van der Waals surface area contributed by atoms with Crippen LogP contribution in [0.3, 0.4) is 0 Å². The molecule has 0 bridgehead atoms. The van der Waals surface area contributed by atoms with Crippen molar-refractivity contribution in [2.75, 3.05) is 11.9 Å². The fraction of sp³-hybridized carbons (Fsp3) is 0.0714. The summed E-state index contributed by atoms with van der Waals surface area (Å²) in [4.78, 5) is 9.63. The summed E-state index contributed by atoms with van der Waals surface area (Å²) >= 11 is 0. The van der Waals surface area contributed by atoms with Gasteiger partial charge >= 0.3 is 0 Å². The molecule has 3 rings (SSSR count). The predicted molar refractivity (Wildman–Crippen MR) is 71.3 cm³/mol. The Bertz CT molecular complexity index is 755. The van der Waals surface area contributed by atoms with Gasteiger partial charge in [-0.15, -0.1) is 0 Å². The number of anilines is 1. The minimum Gasteiger partial charge on any atom is -0.464 e. The minimum absolute atomic E-state index is 0.374. The van der Waals surface area contributed by atoms with Crippen LogP contribution in [0.5, 0.6) is 0 Å². The van der Waals surface area contributed by atoms with E-state index in [2.05, 4.69) is 9.97 Å². The van der Waals surface area contributed by atoms with E-state index >= 15 is 0 Å². The summed E-state index contributed by atoms with van der Waals surface area (Å²) in [5, 5.41) is 9.78. The van der Waals surface area contributed by atoms with E-state index in [1.165, 1.54) is 4.90 Å². The molecule has 5 heteroatoms. The molecule has 0 aliphatic rings. The molecule has 1 aromatic carbocycles. The highest BCUT2D eigenvalue weighted by atomic mass is 16.3. The normalized spacial score (nSPS) is 10.3. The Morgan fingerprint density at radius 2 is 1.95 bits per heavy atom. The molecule has 0 amide bonds. The van der Waals surface area contributed by atoms with Gasteiger partial charge in [0.15, 0.2) is 6.19 Å². The second kappa shape index (κ2) is 4.42. The first-order valence-corrected chi connectivity index (χ1v) is 5.71. The summed E-state index contributed by atoms with van der Waals surface area (Å²) in [5.41, 5.74) is 2.64. The largest absolute Gasteiger partial charge is 0.464 e. The van der Waals surface area contributed by atoms with Gasteiger partial charge in [0, 0.05) is 36.0 Å². The highest BCUT2D eigenvalue weighted by Crippen LogP contribution is 2.29. The van der Waals surface area contributed by atoms with Crippen molar-refractivity contribution in [2.24, 2.45) is 0 Å². The van der Waals surface area contributed by atoms with Crippen LogP contribution in [-0.2, 0) is 0 Å². The SMILES string of the molecule is CN(C#N)c1ncc(-c2coc3ccccc23)cn1. The lowest BCUT2D eigenvalue weighted by Crippen LogP contribution is -2.11. The van der Waals surface area contributed by atoms with Gasteiger partial charge < -0.3 is 4.42 Å². The third-order valence-corrected chi connectivity index (χ3v) is 2.88. The van der Waals surface area contributed by atoms with Crippen molar-refractivity contribution in [1.29, 1.82) is 5.26 Å². The van der Waals surface area contributed by atoms with Gasteiger partial charge in [0.05, 0.1) is 6.26 Å². The number of furan rings is 1. The second-order valence-electron chi connectivity index (χ2n) is 4.08. The van der Waals surface area contributed by atoms with E-state index < -0.39 is 0 Å². The van der Waals surface area contributed by atoms with Crippen LogP contribution in [0.4, 0.5) is 5.95 Å². The Morgan fingerprint density at radius 1 is 1.21 bits per heavy atom. The molecule has 2 heterocycles. The summed E-state index contributed by atoms with van der Waals surface area (Å²) in [6.07, 6.45) is 7.02. The number of benzene rings is 1. The maximum absolute atomic E-state index is 8.76. The number of fused-ring (bicyclic) bond motifs is 1. The summed E-state index contributed by atoms with van der Waals surface area (Å²) in [7, 11) is 1.61. The molecule has 19 heavy (non-hydrogen) atoms. The molecular formula is C14H10N4O. The third kappa shape index (κ3) is 1.89. The van der Waals surface area contributed by atoms with Crippen LogP contribution in [0, 0.1) is 11.5 Å². The molecule has 0 saturated heterocycles. The van der Waals surface area contributed by atoms with Gasteiger partial charge in [0.25, 0.3) is 0 Å². The average Bonchev–Trinajstić information content (AvgIpc) is 2.90. The smallest absolute Gasteiger partial charge is 0.238 e. The lowest BCUT2D eigenvalue weighted by Gasteiger charge is -2.06. The van der Waals surface area contributed by atoms with E-state index in [9.17, 15) is 0 Å². The molecule has 3 aromatic rings. The molecule has 0 atom stereocenters. The van der Waals surface area contributed by atoms with Gasteiger partial charge in [-0.3, -0.25) is 4.90 Å². The van der Waals surface area contributed by atoms with Gasteiger partial charge in [-0.25, -0.2) is 9.97 Å².